The summed E-state index contributed by atoms with van der Waals surface area (Å²) >= 11 is 0. The Labute approximate surface area is 239 Å². The number of hydrogen-bond acceptors (Lipinski definition) is 6. The second-order valence-electron chi connectivity index (χ2n) is 10.3. The van der Waals surface area contributed by atoms with Crippen molar-refractivity contribution in [2.45, 2.75) is 51.6 Å². The predicted octanol–water partition coefficient (Wildman–Crippen LogP) is -0.582. The molecule has 9 N–H and O–H groups in total. The molecule has 0 aromatic heterocycles. The highest BCUT2D eigenvalue weighted by Crippen LogP contribution is 2.17. The number of nitrogens with two attached hydrogens (primary N) is 2. The van der Waals surface area contributed by atoms with E-state index in [9.17, 15) is 29.1 Å². The third kappa shape index (κ3) is 12.1. The van der Waals surface area contributed by atoms with Gasteiger partial charge in [-0.15, -0.1) is 0 Å². The van der Waals surface area contributed by atoms with Crippen molar-refractivity contribution in [1.82, 2.24) is 21.3 Å². The number of benzene rings is 1. The minimum atomic E-state index is -1.34. The lowest BCUT2D eigenvalue weighted by Gasteiger charge is -2.24. The van der Waals surface area contributed by atoms with E-state index in [0.717, 1.165) is 5.56 Å². The minimum absolute atomic E-state index is 0.0943. The van der Waals surface area contributed by atoms with Crippen LogP contribution in [0.4, 0.5) is 0 Å². The number of nitrogens with one attached hydrogen (secondary N) is 4. The molecule has 1 aliphatic heterocycles. The molecule has 224 valence electrons. The highest BCUT2D eigenvalue weighted by atomic mass is 16.4. The fraction of sp³-hybridized carbons (Fsp3) is 0.500. The van der Waals surface area contributed by atoms with E-state index in [1.807, 2.05) is 50.3 Å². The summed E-state index contributed by atoms with van der Waals surface area (Å²) in [5.74, 6) is -4.71. The SMILES string of the molecule is CC(C)[C@@H]1/C=C/[C@@H](Cc2ccccc2)CNC(=O)C(CC(=O)O)NC(=O)CNC(=O)[C@H](CCCN=C(N)N)NC1=O. The Morgan fingerprint density at radius 1 is 0.976 bits per heavy atom. The number of nitrogens with zero attached hydrogens (tertiary/aromatic N) is 1. The van der Waals surface area contributed by atoms with Crippen LogP contribution in [0.1, 0.15) is 38.7 Å². The van der Waals surface area contributed by atoms with E-state index in [1.54, 1.807) is 6.08 Å². The second kappa shape index (κ2) is 16.6. The van der Waals surface area contributed by atoms with Crippen molar-refractivity contribution < 1.29 is 29.1 Å². The normalized spacial score (nSPS) is 23.5. The van der Waals surface area contributed by atoms with Crippen LogP contribution in [0.3, 0.4) is 0 Å². The van der Waals surface area contributed by atoms with Crippen LogP contribution in [0.25, 0.3) is 0 Å². The van der Waals surface area contributed by atoms with Gasteiger partial charge in [0.1, 0.15) is 12.1 Å². The highest BCUT2D eigenvalue weighted by molar-refractivity contribution is 5.94. The zero-order chi connectivity index (χ0) is 30.4. The van der Waals surface area contributed by atoms with E-state index in [-0.39, 0.29) is 43.2 Å². The van der Waals surface area contributed by atoms with Crippen LogP contribution in [0.15, 0.2) is 47.5 Å². The van der Waals surface area contributed by atoms with Crippen LogP contribution in [0, 0.1) is 17.8 Å². The molecule has 1 unspecified atom stereocenters. The quantitative estimate of drug-likeness (QED) is 0.0877. The van der Waals surface area contributed by atoms with Crippen molar-refractivity contribution in [3.63, 3.8) is 0 Å². The number of carbonyl (C=O) groups is 5. The summed E-state index contributed by atoms with van der Waals surface area (Å²) in [6, 6.07) is 7.25. The van der Waals surface area contributed by atoms with Crippen LogP contribution < -0.4 is 32.7 Å². The van der Waals surface area contributed by atoms with E-state index in [0.29, 0.717) is 12.8 Å². The Bertz CT molecular complexity index is 1120. The molecule has 1 aromatic rings. The Kier molecular flexibility index (Phi) is 13.3. The first-order valence-electron chi connectivity index (χ1n) is 13.6. The molecule has 2 rings (SSSR count). The molecule has 4 atom stereocenters. The Balaban J connectivity index is 2.39. The number of aliphatic carboxylic acids is 1. The predicted molar refractivity (Wildman–Crippen MR) is 153 cm³/mol. The number of guanidine groups is 1. The standard InChI is InChI=1S/C28H41N7O6/c1-17(2)20-11-10-19(13-18-7-4-3-5-8-18)15-32-27(41)22(14-24(37)38)34-23(36)16-33-26(40)21(35-25(20)39)9-6-12-31-28(29)30/h3-5,7-8,10-11,17,19-22H,6,9,12-16H2,1-2H3,(H,32,41)(H,33,40)(H,34,36)(H,35,39)(H,37,38)(H4,29,30,31)/b11-10+/t19-,20-,21-,22?/m0/s1. The van der Waals surface area contributed by atoms with Crippen LogP contribution in [-0.4, -0.2) is 72.4 Å². The molecule has 4 amide bonds. The van der Waals surface area contributed by atoms with Crippen LogP contribution in [-0.2, 0) is 30.4 Å². The molecule has 0 saturated carbocycles. The van der Waals surface area contributed by atoms with Gasteiger partial charge in [-0.25, -0.2) is 0 Å². The summed E-state index contributed by atoms with van der Waals surface area (Å²) in [4.78, 5) is 67.2. The lowest BCUT2D eigenvalue weighted by Crippen LogP contribution is -2.53. The number of carbonyl (C=O) groups excluding carboxylic acids is 4. The average Bonchev–Trinajstić information content (AvgIpc) is 2.90. The molecular formula is C28H41N7O6. The van der Waals surface area contributed by atoms with Crippen LogP contribution >= 0.6 is 0 Å². The summed E-state index contributed by atoms with van der Waals surface area (Å²) in [6.07, 6.45) is 4.10. The summed E-state index contributed by atoms with van der Waals surface area (Å²) < 4.78 is 0. The molecule has 0 spiro atoms. The molecule has 0 saturated heterocycles. The minimum Gasteiger partial charge on any atom is -0.481 e. The molecule has 1 heterocycles. The van der Waals surface area contributed by atoms with E-state index < -0.39 is 54.7 Å². The average molecular weight is 572 g/mol. The number of carboxylic acids is 1. The van der Waals surface area contributed by atoms with Crippen molar-refractivity contribution >= 4 is 35.6 Å². The van der Waals surface area contributed by atoms with Gasteiger partial charge in [-0.1, -0.05) is 56.3 Å². The topological polar surface area (TPSA) is 218 Å². The maximum absolute atomic E-state index is 13.4. The third-order valence-electron chi connectivity index (χ3n) is 6.52. The molecule has 0 radical (unpaired) electrons. The monoisotopic (exact) mass is 571 g/mol. The number of aliphatic imine (C=N–C) groups is 1. The smallest absolute Gasteiger partial charge is 0.305 e. The third-order valence-corrected chi connectivity index (χ3v) is 6.52. The van der Waals surface area contributed by atoms with E-state index >= 15 is 0 Å². The number of hydrogen-bond donors (Lipinski definition) is 7. The van der Waals surface area contributed by atoms with Gasteiger partial charge in [0.05, 0.1) is 18.9 Å². The van der Waals surface area contributed by atoms with Crippen LogP contribution in [0.2, 0.25) is 0 Å². The first-order chi connectivity index (χ1) is 19.5. The first kappa shape index (κ1) is 32.8. The lowest BCUT2D eigenvalue weighted by molar-refractivity contribution is -0.140. The first-order valence-corrected chi connectivity index (χ1v) is 13.6. The zero-order valence-corrected chi connectivity index (χ0v) is 23.5. The van der Waals surface area contributed by atoms with Crippen molar-refractivity contribution in [3.8, 4) is 0 Å². The lowest BCUT2D eigenvalue weighted by atomic mass is 9.90. The highest BCUT2D eigenvalue weighted by Gasteiger charge is 2.28. The Morgan fingerprint density at radius 2 is 1.66 bits per heavy atom. The van der Waals surface area contributed by atoms with E-state index in [1.165, 1.54) is 0 Å². The summed E-state index contributed by atoms with van der Waals surface area (Å²) in [5, 5.41) is 19.7. The van der Waals surface area contributed by atoms with E-state index in [2.05, 4.69) is 26.3 Å². The molecule has 1 aromatic carbocycles. The number of amides is 4. The van der Waals surface area contributed by atoms with Crippen molar-refractivity contribution in [3.05, 3.63) is 48.0 Å². The molecule has 13 heteroatoms. The Hall–Kier alpha value is -4.42. The van der Waals surface area contributed by atoms with Crippen molar-refractivity contribution in [2.24, 2.45) is 34.2 Å². The van der Waals surface area contributed by atoms with Gasteiger partial charge in [-0.3, -0.25) is 29.0 Å². The second-order valence-corrected chi connectivity index (χ2v) is 10.3. The van der Waals surface area contributed by atoms with Gasteiger partial charge < -0.3 is 37.8 Å². The molecule has 0 aliphatic carbocycles. The number of carboxylic acid groups (broad SMARTS) is 1. The summed E-state index contributed by atoms with van der Waals surface area (Å²) in [7, 11) is 0. The van der Waals surface area contributed by atoms with Gasteiger partial charge >= 0.3 is 5.97 Å². The van der Waals surface area contributed by atoms with Gasteiger partial charge in [0.2, 0.25) is 23.6 Å². The maximum atomic E-state index is 13.4. The Morgan fingerprint density at radius 3 is 2.29 bits per heavy atom. The van der Waals surface area contributed by atoms with E-state index in [4.69, 9.17) is 11.5 Å². The van der Waals surface area contributed by atoms with Gasteiger partial charge in [0.25, 0.3) is 0 Å². The van der Waals surface area contributed by atoms with Gasteiger partial charge in [0.15, 0.2) is 5.96 Å². The molecule has 13 nitrogen and oxygen atoms in total. The zero-order valence-electron chi connectivity index (χ0n) is 23.5. The molecule has 1 aliphatic rings. The molecule has 41 heavy (non-hydrogen) atoms. The fourth-order valence-corrected chi connectivity index (χ4v) is 4.33. The molecular weight excluding hydrogens is 530 g/mol. The van der Waals surface area contributed by atoms with Gasteiger partial charge in [-0.05, 0) is 36.7 Å². The van der Waals surface area contributed by atoms with Crippen molar-refractivity contribution in [2.75, 3.05) is 19.6 Å². The van der Waals surface area contributed by atoms with Gasteiger partial charge in [0, 0.05) is 13.1 Å². The molecule has 0 fully saturated rings. The fourth-order valence-electron chi connectivity index (χ4n) is 4.33. The molecule has 0 bridgehead atoms. The van der Waals surface area contributed by atoms with Crippen LogP contribution in [0.5, 0.6) is 0 Å². The summed E-state index contributed by atoms with van der Waals surface area (Å²) in [6.45, 7) is 3.63. The van der Waals surface area contributed by atoms with Gasteiger partial charge in [-0.2, -0.15) is 0 Å². The largest absolute Gasteiger partial charge is 0.481 e. The maximum Gasteiger partial charge on any atom is 0.305 e. The summed E-state index contributed by atoms with van der Waals surface area (Å²) in [5.41, 5.74) is 11.7. The van der Waals surface area contributed by atoms with Crippen molar-refractivity contribution in [1.29, 1.82) is 0 Å². The number of rotatable bonds is 9.